The second-order valence-corrected chi connectivity index (χ2v) is 3.65. The third kappa shape index (κ3) is 11.0. The van der Waals surface area contributed by atoms with Gasteiger partial charge in [-0.1, -0.05) is 18.3 Å². The molecule has 0 aromatic rings. The highest BCUT2D eigenvalue weighted by molar-refractivity contribution is 5.28. The Morgan fingerprint density at radius 2 is 1.79 bits per heavy atom. The number of unbranched alkanes of at least 4 members (excludes halogenated alkanes) is 3. The molecule has 0 saturated heterocycles. The van der Waals surface area contributed by atoms with Crippen molar-refractivity contribution in [3.05, 3.63) is 0 Å². The Morgan fingerprint density at radius 1 is 1.07 bits per heavy atom. The predicted molar refractivity (Wildman–Crippen MR) is 57.4 cm³/mol. The summed E-state index contributed by atoms with van der Waals surface area (Å²) >= 11 is 0. The molecule has 0 aromatic heterocycles. The number of aliphatic hydroxyl groups is 2. The Hall–Kier alpha value is -0.960. The van der Waals surface area contributed by atoms with Crippen molar-refractivity contribution in [3.8, 4) is 23.7 Å². The van der Waals surface area contributed by atoms with E-state index in [-0.39, 0.29) is 6.61 Å². The van der Waals surface area contributed by atoms with Gasteiger partial charge in [-0.15, -0.1) is 0 Å². The van der Waals surface area contributed by atoms with Crippen LogP contribution in [-0.4, -0.2) is 22.4 Å². The zero-order valence-electron chi connectivity index (χ0n) is 8.93. The number of hydrogen-bond acceptors (Lipinski definition) is 2. The fraction of sp³-hybridized carbons (Fsp3) is 0.667. The molecule has 14 heavy (non-hydrogen) atoms. The van der Waals surface area contributed by atoms with Crippen molar-refractivity contribution in [3.63, 3.8) is 0 Å². The fourth-order valence-electron chi connectivity index (χ4n) is 0.793. The van der Waals surface area contributed by atoms with Crippen LogP contribution in [0.2, 0.25) is 0 Å². The van der Waals surface area contributed by atoms with E-state index in [1.165, 1.54) is 0 Å². The predicted octanol–water partition coefficient (Wildman–Crippen LogP) is 1.32. The quantitative estimate of drug-likeness (QED) is 0.523. The van der Waals surface area contributed by atoms with E-state index in [0.29, 0.717) is 0 Å². The van der Waals surface area contributed by atoms with Gasteiger partial charge in [0.05, 0.1) is 0 Å². The van der Waals surface area contributed by atoms with E-state index in [1.54, 1.807) is 13.8 Å². The summed E-state index contributed by atoms with van der Waals surface area (Å²) in [6.07, 6.45) is 3.65. The molecule has 78 valence electrons. The van der Waals surface area contributed by atoms with E-state index < -0.39 is 5.60 Å². The highest BCUT2D eigenvalue weighted by Crippen LogP contribution is 1.97. The summed E-state index contributed by atoms with van der Waals surface area (Å²) in [6, 6.07) is 0. The molecule has 0 aliphatic carbocycles. The number of hydrogen-bond donors (Lipinski definition) is 2. The smallest absolute Gasteiger partial charge is 0.120 e. The van der Waals surface area contributed by atoms with Crippen molar-refractivity contribution in [2.24, 2.45) is 0 Å². The molecule has 0 spiro atoms. The van der Waals surface area contributed by atoms with Gasteiger partial charge >= 0.3 is 0 Å². The average molecular weight is 194 g/mol. The second kappa shape index (κ2) is 7.44. The summed E-state index contributed by atoms with van der Waals surface area (Å²) < 4.78 is 0. The van der Waals surface area contributed by atoms with Crippen molar-refractivity contribution in [2.75, 3.05) is 6.61 Å². The lowest BCUT2D eigenvalue weighted by atomic mass is 10.1. The summed E-state index contributed by atoms with van der Waals surface area (Å²) in [4.78, 5) is 0. The van der Waals surface area contributed by atoms with Gasteiger partial charge in [-0.05, 0) is 38.5 Å². The van der Waals surface area contributed by atoms with Crippen LogP contribution in [0.25, 0.3) is 0 Å². The molecule has 2 nitrogen and oxygen atoms in total. The van der Waals surface area contributed by atoms with Crippen molar-refractivity contribution < 1.29 is 10.2 Å². The van der Waals surface area contributed by atoms with E-state index in [2.05, 4.69) is 23.7 Å². The zero-order chi connectivity index (χ0) is 10.9. The first-order chi connectivity index (χ1) is 6.56. The van der Waals surface area contributed by atoms with Gasteiger partial charge < -0.3 is 10.2 Å². The molecule has 0 bridgehead atoms. The lowest BCUT2D eigenvalue weighted by Gasteiger charge is -2.04. The molecular formula is C12H18O2. The van der Waals surface area contributed by atoms with Crippen LogP contribution in [0.15, 0.2) is 0 Å². The molecular weight excluding hydrogens is 176 g/mol. The molecule has 0 aromatic carbocycles. The van der Waals surface area contributed by atoms with Crippen LogP contribution in [0.4, 0.5) is 0 Å². The molecule has 0 atom stereocenters. The van der Waals surface area contributed by atoms with Crippen LogP contribution in [-0.2, 0) is 0 Å². The van der Waals surface area contributed by atoms with Gasteiger partial charge in [0.2, 0.25) is 0 Å². The first-order valence-corrected chi connectivity index (χ1v) is 4.89. The van der Waals surface area contributed by atoms with Crippen molar-refractivity contribution >= 4 is 0 Å². The number of aliphatic hydroxyl groups excluding tert-OH is 1. The summed E-state index contributed by atoms with van der Waals surface area (Å²) in [6.45, 7) is 3.51. The van der Waals surface area contributed by atoms with Gasteiger partial charge in [0.25, 0.3) is 0 Å². The summed E-state index contributed by atoms with van der Waals surface area (Å²) in [5.41, 5.74) is -0.953. The zero-order valence-corrected chi connectivity index (χ0v) is 8.93. The molecule has 2 heteroatoms. The first kappa shape index (κ1) is 13.0. The van der Waals surface area contributed by atoms with E-state index >= 15 is 0 Å². The van der Waals surface area contributed by atoms with Crippen molar-refractivity contribution in [1.82, 2.24) is 0 Å². The van der Waals surface area contributed by atoms with Crippen molar-refractivity contribution in [2.45, 2.75) is 45.1 Å². The molecule has 0 saturated carbocycles. The van der Waals surface area contributed by atoms with Gasteiger partial charge in [0.15, 0.2) is 0 Å². The molecule has 2 N–H and O–H groups in total. The molecule has 0 radical (unpaired) electrons. The SMILES string of the molecule is CC(C)(O)C#CC#CCCCCCO. The van der Waals surface area contributed by atoms with E-state index in [4.69, 9.17) is 5.11 Å². The van der Waals surface area contributed by atoms with Gasteiger partial charge in [-0.25, -0.2) is 0 Å². The third-order valence-electron chi connectivity index (χ3n) is 1.48. The van der Waals surface area contributed by atoms with Crippen molar-refractivity contribution in [1.29, 1.82) is 0 Å². The Balaban J connectivity index is 3.57. The minimum Gasteiger partial charge on any atom is -0.396 e. The topological polar surface area (TPSA) is 40.5 Å². The lowest BCUT2D eigenvalue weighted by molar-refractivity contribution is 0.143. The Bertz CT molecular complexity index is 252. The highest BCUT2D eigenvalue weighted by Gasteiger charge is 2.04. The van der Waals surface area contributed by atoms with Crippen LogP contribution >= 0.6 is 0 Å². The Morgan fingerprint density at radius 3 is 2.36 bits per heavy atom. The lowest BCUT2D eigenvalue weighted by Crippen LogP contribution is -2.14. The maximum absolute atomic E-state index is 9.22. The molecule has 0 unspecified atom stereocenters. The molecule has 0 aliphatic heterocycles. The minimum absolute atomic E-state index is 0.256. The van der Waals surface area contributed by atoms with E-state index in [0.717, 1.165) is 25.7 Å². The largest absolute Gasteiger partial charge is 0.396 e. The first-order valence-electron chi connectivity index (χ1n) is 4.89. The van der Waals surface area contributed by atoms with Gasteiger partial charge in [-0.2, -0.15) is 0 Å². The third-order valence-corrected chi connectivity index (χ3v) is 1.48. The van der Waals surface area contributed by atoms with Gasteiger partial charge in [0, 0.05) is 13.0 Å². The van der Waals surface area contributed by atoms with Crippen LogP contribution in [0.1, 0.15) is 39.5 Å². The van der Waals surface area contributed by atoms with Gasteiger partial charge in [0.1, 0.15) is 5.60 Å². The van der Waals surface area contributed by atoms with E-state index in [1.807, 2.05) is 0 Å². The fourth-order valence-corrected chi connectivity index (χ4v) is 0.793. The average Bonchev–Trinajstić information content (AvgIpc) is 2.08. The van der Waals surface area contributed by atoms with Crippen LogP contribution < -0.4 is 0 Å². The Labute approximate surface area is 86.3 Å². The normalized spacial score (nSPS) is 9.71. The monoisotopic (exact) mass is 194 g/mol. The van der Waals surface area contributed by atoms with Crippen LogP contribution in [0, 0.1) is 23.7 Å². The molecule has 0 fully saturated rings. The van der Waals surface area contributed by atoms with Gasteiger partial charge in [-0.3, -0.25) is 0 Å². The Kier molecular flexibility index (Phi) is 6.93. The van der Waals surface area contributed by atoms with Crippen LogP contribution in [0.3, 0.4) is 0 Å². The van der Waals surface area contributed by atoms with Crippen LogP contribution in [0.5, 0.6) is 0 Å². The molecule has 0 amide bonds. The maximum atomic E-state index is 9.22. The second-order valence-electron chi connectivity index (χ2n) is 3.65. The molecule has 0 heterocycles. The summed E-state index contributed by atoms with van der Waals surface area (Å²) in [7, 11) is 0. The maximum Gasteiger partial charge on any atom is 0.120 e. The molecule has 0 aliphatic rings. The minimum atomic E-state index is -0.953. The molecule has 0 rings (SSSR count). The van der Waals surface area contributed by atoms with E-state index in [9.17, 15) is 5.11 Å². The highest BCUT2D eigenvalue weighted by atomic mass is 16.3. The number of rotatable bonds is 4. The summed E-state index contributed by atoms with van der Waals surface area (Å²) in [5, 5.41) is 17.7. The summed E-state index contributed by atoms with van der Waals surface area (Å²) in [5.74, 6) is 10.8. The standard InChI is InChI=1S/C12H18O2/c1-12(2,14)10-8-6-4-3-5-7-9-11-13/h13-14H,3,5,7,9,11H2,1-2H3.